The fraction of sp³-hybridized carbons (Fsp3) is 0.400. The Bertz CT molecular complexity index is 615. The lowest BCUT2D eigenvalue weighted by atomic mass is 9.98. The van der Waals surface area contributed by atoms with Gasteiger partial charge in [0.15, 0.2) is 0 Å². The molecule has 0 fully saturated rings. The van der Waals surface area contributed by atoms with Crippen LogP contribution in [-0.4, -0.2) is 30.5 Å². The monoisotopic (exact) mass is 355 g/mol. The molecule has 0 aliphatic rings. The third-order valence-corrected chi connectivity index (χ3v) is 4.07. The van der Waals surface area contributed by atoms with Crippen LogP contribution in [0.25, 0.3) is 0 Å². The van der Waals surface area contributed by atoms with Gasteiger partial charge in [0.1, 0.15) is 5.82 Å². The molecule has 6 heteroatoms. The van der Waals surface area contributed by atoms with Gasteiger partial charge < -0.3 is 10.1 Å². The van der Waals surface area contributed by atoms with E-state index < -0.39 is 0 Å². The van der Waals surface area contributed by atoms with Gasteiger partial charge in [-0.15, -0.1) is 0 Å². The van der Waals surface area contributed by atoms with Crippen LogP contribution in [0.1, 0.15) is 22.9 Å². The Morgan fingerprint density at radius 2 is 2.24 bits per heavy atom. The highest BCUT2D eigenvalue weighted by atomic mass is 79.9. The molecule has 1 atom stereocenters. The molecule has 114 valence electrons. The summed E-state index contributed by atoms with van der Waals surface area (Å²) in [5, 5.41) is 7.60. The van der Waals surface area contributed by atoms with E-state index in [0.29, 0.717) is 13.2 Å². The van der Waals surface area contributed by atoms with E-state index in [0.717, 1.165) is 21.3 Å². The van der Waals surface area contributed by atoms with E-state index in [1.54, 1.807) is 25.4 Å². The number of ether oxygens (including phenoxy) is 1. The number of methoxy groups -OCH3 is 1. The molecule has 0 amide bonds. The summed E-state index contributed by atoms with van der Waals surface area (Å²) in [6, 6.07) is 4.69. The van der Waals surface area contributed by atoms with Gasteiger partial charge in [-0.05, 0) is 53.2 Å². The number of rotatable bonds is 6. The Kier molecular flexibility index (Phi) is 5.50. The summed E-state index contributed by atoms with van der Waals surface area (Å²) >= 11 is 3.53. The molecule has 1 aromatic carbocycles. The van der Waals surface area contributed by atoms with Crippen molar-refractivity contribution in [3.05, 3.63) is 51.5 Å². The maximum atomic E-state index is 13.6. The number of aryl methyl sites for hydroxylation is 1. The van der Waals surface area contributed by atoms with Crippen LogP contribution in [0, 0.1) is 12.7 Å². The second kappa shape index (κ2) is 7.15. The smallest absolute Gasteiger partial charge is 0.123 e. The molecular formula is C15H19BrFN3O. The maximum absolute atomic E-state index is 13.6. The lowest BCUT2D eigenvalue weighted by Gasteiger charge is -2.21. The fourth-order valence-electron chi connectivity index (χ4n) is 2.38. The number of benzene rings is 1. The summed E-state index contributed by atoms with van der Waals surface area (Å²) in [6.45, 7) is 3.19. The first-order valence-corrected chi connectivity index (χ1v) is 7.51. The summed E-state index contributed by atoms with van der Waals surface area (Å²) in [7, 11) is 3.51. The van der Waals surface area contributed by atoms with Crippen molar-refractivity contribution in [2.45, 2.75) is 19.5 Å². The highest BCUT2D eigenvalue weighted by Crippen LogP contribution is 2.30. The Morgan fingerprint density at radius 1 is 1.48 bits per heavy atom. The molecule has 0 saturated carbocycles. The van der Waals surface area contributed by atoms with Crippen LogP contribution in [-0.2, 0) is 11.3 Å². The zero-order chi connectivity index (χ0) is 15.4. The van der Waals surface area contributed by atoms with Crippen molar-refractivity contribution < 1.29 is 9.13 Å². The van der Waals surface area contributed by atoms with E-state index in [4.69, 9.17) is 4.74 Å². The molecule has 0 spiro atoms. The Hall–Kier alpha value is -1.24. The second-order valence-electron chi connectivity index (χ2n) is 4.82. The first-order valence-electron chi connectivity index (χ1n) is 6.72. The Morgan fingerprint density at radius 3 is 2.90 bits per heavy atom. The molecule has 4 nitrogen and oxygen atoms in total. The van der Waals surface area contributed by atoms with Crippen molar-refractivity contribution in [1.82, 2.24) is 15.1 Å². The van der Waals surface area contributed by atoms with Crippen molar-refractivity contribution in [3.63, 3.8) is 0 Å². The molecule has 0 saturated heterocycles. The molecule has 0 bridgehead atoms. The standard InChI is InChI=1S/C15H19BrFN3O/c1-10-4-5-11(17)8-12(10)14(18-2)15-13(16)9-19-20(15)6-7-21-3/h4-5,8-9,14,18H,6-7H2,1-3H3. The average molecular weight is 356 g/mol. The van der Waals surface area contributed by atoms with Crippen molar-refractivity contribution in [1.29, 1.82) is 0 Å². The summed E-state index contributed by atoms with van der Waals surface area (Å²) in [4.78, 5) is 0. The third-order valence-electron chi connectivity index (χ3n) is 3.45. The Labute approximate surface area is 132 Å². The van der Waals surface area contributed by atoms with Crippen molar-refractivity contribution in [2.75, 3.05) is 20.8 Å². The summed E-state index contributed by atoms with van der Waals surface area (Å²) in [5.41, 5.74) is 2.89. The topological polar surface area (TPSA) is 39.1 Å². The van der Waals surface area contributed by atoms with Gasteiger partial charge in [0.2, 0.25) is 0 Å². The summed E-state index contributed by atoms with van der Waals surface area (Å²) in [5.74, 6) is -0.241. The second-order valence-corrected chi connectivity index (χ2v) is 5.67. The van der Waals surface area contributed by atoms with E-state index in [9.17, 15) is 4.39 Å². The van der Waals surface area contributed by atoms with Gasteiger partial charge in [0.25, 0.3) is 0 Å². The van der Waals surface area contributed by atoms with E-state index in [1.807, 2.05) is 18.7 Å². The predicted molar refractivity (Wildman–Crippen MR) is 83.8 cm³/mol. The van der Waals surface area contributed by atoms with Gasteiger partial charge >= 0.3 is 0 Å². The van der Waals surface area contributed by atoms with Crippen LogP contribution in [0.15, 0.2) is 28.9 Å². The molecule has 21 heavy (non-hydrogen) atoms. The van der Waals surface area contributed by atoms with Crippen LogP contribution >= 0.6 is 15.9 Å². The molecule has 2 aromatic rings. The number of nitrogens with one attached hydrogen (secondary N) is 1. The summed E-state index contributed by atoms with van der Waals surface area (Å²) in [6.07, 6.45) is 1.75. The minimum atomic E-state index is -0.241. The molecule has 0 aliphatic heterocycles. The minimum Gasteiger partial charge on any atom is -0.383 e. The van der Waals surface area contributed by atoms with E-state index in [-0.39, 0.29) is 11.9 Å². The lowest BCUT2D eigenvalue weighted by molar-refractivity contribution is 0.182. The fourth-order valence-corrected chi connectivity index (χ4v) is 2.90. The number of halogens is 2. The Balaban J connectivity index is 2.46. The molecule has 2 rings (SSSR count). The zero-order valence-corrected chi connectivity index (χ0v) is 13.9. The molecule has 0 radical (unpaired) electrons. The molecular weight excluding hydrogens is 337 g/mol. The molecule has 1 aromatic heterocycles. The van der Waals surface area contributed by atoms with Gasteiger partial charge in [0, 0.05) is 7.11 Å². The lowest BCUT2D eigenvalue weighted by Crippen LogP contribution is -2.24. The van der Waals surface area contributed by atoms with Gasteiger partial charge in [-0.1, -0.05) is 6.07 Å². The molecule has 1 N–H and O–H groups in total. The van der Waals surface area contributed by atoms with Crippen LogP contribution in [0.3, 0.4) is 0 Å². The SMILES string of the molecule is CNC(c1cc(F)ccc1C)c1c(Br)cnn1CCOC. The van der Waals surface area contributed by atoms with Crippen molar-refractivity contribution in [2.24, 2.45) is 0 Å². The van der Waals surface area contributed by atoms with Crippen LogP contribution in [0.4, 0.5) is 4.39 Å². The average Bonchev–Trinajstić information content (AvgIpc) is 2.83. The molecule has 1 heterocycles. The van der Waals surface area contributed by atoms with Gasteiger partial charge in [-0.3, -0.25) is 4.68 Å². The minimum absolute atomic E-state index is 0.144. The molecule has 1 unspecified atom stereocenters. The maximum Gasteiger partial charge on any atom is 0.123 e. The van der Waals surface area contributed by atoms with Crippen LogP contribution in [0.5, 0.6) is 0 Å². The first-order chi connectivity index (χ1) is 10.1. The number of nitrogens with zero attached hydrogens (tertiary/aromatic N) is 2. The van der Waals surface area contributed by atoms with E-state index in [2.05, 4.69) is 26.3 Å². The number of hydrogen-bond donors (Lipinski definition) is 1. The van der Waals surface area contributed by atoms with Crippen LogP contribution in [0.2, 0.25) is 0 Å². The van der Waals surface area contributed by atoms with Gasteiger partial charge in [-0.2, -0.15) is 5.10 Å². The van der Waals surface area contributed by atoms with Crippen molar-refractivity contribution >= 4 is 15.9 Å². The summed E-state index contributed by atoms with van der Waals surface area (Å²) < 4.78 is 21.5. The number of aromatic nitrogens is 2. The predicted octanol–water partition coefficient (Wildman–Crippen LogP) is 3.05. The van der Waals surface area contributed by atoms with E-state index >= 15 is 0 Å². The third kappa shape index (κ3) is 3.51. The highest BCUT2D eigenvalue weighted by molar-refractivity contribution is 9.10. The normalized spacial score (nSPS) is 12.6. The first kappa shape index (κ1) is 16.1. The van der Waals surface area contributed by atoms with Crippen molar-refractivity contribution in [3.8, 4) is 0 Å². The van der Waals surface area contributed by atoms with Gasteiger partial charge in [-0.25, -0.2) is 4.39 Å². The largest absolute Gasteiger partial charge is 0.383 e. The molecule has 0 aliphatic carbocycles. The quantitative estimate of drug-likeness (QED) is 0.865. The van der Waals surface area contributed by atoms with Crippen LogP contribution < -0.4 is 5.32 Å². The van der Waals surface area contributed by atoms with E-state index in [1.165, 1.54) is 6.07 Å². The number of hydrogen-bond acceptors (Lipinski definition) is 3. The zero-order valence-electron chi connectivity index (χ0n) is 12.4. The van der Waals surface area contributed by atoms with Gasteiger partial charge in [0.05, 0.1) is 35.6 Å². The highest BCUT2D eigenvalue weighted by Gasteiger charge is 2.22.